The zero-order chi connectivity index (χ0) is 14.3. The normalized spacial score (nSPS) is 15.3. The molecule has 0 N–H and O–H groups in total. The molecule has 0 unspecified atom stereocenters. The van der Waals surface area contributed by atoms with Gasteiger partial charge in [-0.3, -0.25) is 0 Å². The van der Waals surface area contributed by atoms with E-state index < -0.39 is 6.29 Å². The number of hydrogen-bond donors (Lipinski definition) is 0. The Balaban J connectivity index is 2.03. The lowest BCUT2D eigenvalue weighted by molar-refractivity contribution is -0.286. The fourth-order valence-electron chi connectivity index (χ4n) is 2.06. The number of aryl methyl sites for hydroxylation is 1. The van der Waals surface area contributed by atoms with E-state index in [1.165, 1.54) is 12.1 Å². The predicted molar refractivity (Wildman–Crippen MR) is 66.8 cm³/mol. The van der Waals surface area contributed by atoms with Gasteiger partial charge in [0.15, 0.2) is 17.4 Å². The Hall–Kier alpha value is -2.37. The molecule has 0 spiro atoms. The lowest BCUT2D eigenvalue weighted by Gasteiger charge is -2.04. The van der Waals surface area contributed by atoms with Gasteiger partial charge in [-0.1, -0.05) is 6.08 Å². The minimum Gasteiger partial charge on any atom is -0.445 e. The van der Waals surface area contributed by atoms with Gasteiger partial charge in [-0.05, 0) is 18.2 Å². The summed E-state index contributed by atoms with van der Waals surface area (Å²) in [6.45, 7) is 5.36. The molecule has 0 atom stereocenters. The van der Waals surface area contributed by atoms with Gasteiger partial charge in [0.1, 0.15) is 11.5 Å². The summed E-state index contributed by atoms with van der Waals surface area (Å²) in [4.78, 5) is 4.26. The van der Waals surface area contributed by atoms with Gasteiger partial charge in [-0.15, -0.1) is 15.4 Å². The SMILES string of the molecule is C=CCc1oc(C)nc1-c1ccc2c(c1)OC(F)(F)O2. The molecule has 2 heterocycles. The Morgan fingerprint density at radius 1 is 1.30 bits per heavy atom. The predicted octanol–water partition coefficient (Wildman–Crippen LogP) is 3.70. The van der Waals surface area contributed by atoms with Gasteiger partial charge in [-0.25, -0.2) is 4.98 Å². The van der Waals surface area contributed by atoms with Crippen molar-refractivity contribution in [1.82, 2.24) is 4.98 Å². The summed E-state index contributed by atoms with van der Waals surface area (Å²) in [5.41, 5.74) is 1.21. The van der Waals surface area contributed by atoms with E-state index in [4.69, 9.17) is 4.42 Å². The second kappa shape index (κ2) is 4.33. The number of aromatic nitrogens is 1. The monoisotopic (exact) mass is 279 g/mol. The summed E-state index contributed by atoms with van der Waals surface area (Å²) in [7, 11) is 0. The largest absolute Gasteiger partial charge is 0.586 e. The average Bonchev–Trinajstić information content (AvgIpc) is 2.87. The second-order valence-corrected chi connectivity index (χ2v) is 4.33. The van der Waals surface area contributed by atoms with Crippen molar-refractivity contribution in [3.63, 3.8) is 0 Å². The van der Waals surface area contributed by atoms with Gasteiger partial charge in [0.2, 0.25) is 0 Å². The maximum Gasteiger partial charge on any atom is 0.586 e. The number of rotatable bonds is 3. The molecule has 0 amide bonds. The van der Waals surface area contributed by atoms with Crippen LogP contribution >= 0.6 is 0 Å². The Morgan fingerprint density at radius 2 is 2.05 bits per heavy atom. The van der Waals surface area contributed by atoms with Gasteiger partial charge in [-0.2, -0.15) is 0 Å². The van der Waals surface area contributed by atoms with Crippen LogP contribution in [0.4, 0.5) is 8.78 Å². The number of ether oxygens (including phenoxy) is 2. The zero-order valence-electron chi connectivity index (χ0n) is 10.7. The molecule has 6 heteroatoms. The molecule has 0 saturated heterocycles. The lowest BCUT2D eigenvalue weighted by Crippen LogP contribution is -2.25. The van der Waals surface area contributed by atoms with Crippen LogP contribution in [0.15, 0.2) is 35.3 Å². The molecule has 104 valence electrons. The molecule has 0 fully saturated rings. The second-order valence-electron chi connectivity index (χ2n) is 4.33. The third-order valence-corrected chi connectivity index (χ3v) is 2.81. The van der Waals surface area contributed by atoms with Crippen LogP contribution in [-0.2, 0) is 6.42 Å². The van der Waals surface area contributed by atoms with E-state index in [2.05, 4.69) is 21.0 Å². The number of hydrogen-bond acceptors (Lipinski definition) is 4. The Kier molecular flexibility index (Phi) is 2.74. The Morgan fingerprint density at radius 3 is 2.80 bits per heavy atom. The van der Waals surface area contributed by atoms with Crippen LogP contribution in [0.5, 0.6) is 11.5 Å². The van der Waals surface area contributed by atoms with E-state index >= 15 is 0 Å². The molecule has 3 rings (SSSR count). The fourth-order valence-corrected chi connectivity index (χ4v) is 2.06. The highest BCUT2D eigenvalue weighted by Gasteiger charge is 2.43. The van der Waals surface area contributed by atoms with E-state index in [0.717, 1.165) is 0 Å². The first-order valence-electron chi connectivity index (χ1n) is 5.96. The number of fused-ring (bicyclic) bond motifs is 1. The standard InChI is InChI=1S/C14H11F2NO3/c1-3-4-11-13(17-8(2)18-11)9-5-6-10-12(7-9)20-14(15,16)19-10/h3,5-7H,1,4H2,2H3. The molecular weight excluding hydrogens is 268 g/mol. The summed E-state index contributed by atoms with van der Waals surface area (Å²) in [6.07, 6.45) is -1.43. The topological polar surface area (TPSA) is 44.5 Å². The third kappa shape index (κ3) is 2.13. The van der Waals surface area contributed by atoms with Crippen LogP contribution in [-0.4, -0.2) is 11.3 Å². The Bertz CT molecular complexity index is 679. The average molecular weight is 279 g/mol. The number of oxazole rings is 1. The van der Waals surface area contributed by atoms with Crippen LogP contribution in [0.3, 0.4) is 0 Å². The van der Waals surface area contributed by atoms with Crippen molar-refractivity contribution in [2.75, 3.05) is 0 Å². The summed E-state index contributed by atoms with van der Waals surface area (Å²) < 4.78 is 40.2. The molecule has 20 heavy (non-hydrogen) atoms. The molecule has 2 aromatic rings. The van der Waals surface area contributed by atoms with Crippen molar-refractivity contribution >= 4 is 0 Å². The third-order valence-electron chi connectivity index (χ3n) is 2.81. The minimum absolute atomic E-state index is 0.00392. The molecule has 0 aliphatic carbocycles. The van der Waals surface area contributed by atoms with Crippen LogP contribution in [0.1, 0.15) is 11.7 Å². The van der Waals surface area contributed by atoms with E-state index in [9.17, 15) is 8.78 Å². The highest BCUT2D eigenvalue weighted by molar-refractivity contribution is 5.66. The quantitative estimate of drug-likeness (QED) is 0.803. The number of nitrogens with zero attached hydrogens (tertiary/aromatic N) is 1. The fraction of sp³-hybridized carbons (Fsp3) is 0.214. The molecular formula is C14H11F2NO3. The maximum absolute atomic E-state index is 13.0. The molecule has 1 aromatic heterocycles. The van der Waals surface area contributed by atoms with Crippen molar-refractivity contribution in [1.29, 1.82) is 0 Å². The number of halogens is 2. The Labute approximate surface area is 113 Å². The molecule has 1 aliphatic heterocycles. The van der Waals surface area contributed by atoms with Gasteiger partial charge < -0.3 is 13.9 Å². The summed E-state index contributed by atoms with van der Waals surface area (Å²) >= 11 is 0. The van der Waals surface area contributed by atoms with E-state index in [0.29, 0.717) is 29.3 Å². The van der Waals surface area contributed by atoms with Crippen molar-refractivity contribution in [3.05, 3.63) is 42.5 Å². The molecule has 1 aliphatic rings. The summed E-state index contributed by atoms with van der Waals surface area (Å²) in [5.74, 6) is 1.12. The molecule has 1 aromatic carbocycles. The van der Waals surface area contributed by atoms with Crippen LogP contribution in [0.2, 0.25) is 0 Å². The van der Waals surface area contributed by atoms with E-state index in [1.54, 1.807) is 19.1 Å². The number of alkyl halides is 2. The van der Waals surface area contributed by atoms with Crippen molar-refractivity contribution in [2.24, 2.45) is 0 Å². The first-order chi connectivity index (χ1) is 9.48. The number of allylic oxidation sites excluding steroid dienone is 1. The van der Waals surface area contributed by atoms with Crippen molar-refractivity contribution in [2.45, 2.75) is 19.6 Å². The first-order valence-corrected chi connectivity index (χ1v) is 5.96. The van der Waals surface area contributed by atoms with Crippen LogP contribution < -0.4 is 9.47 Å². The van der Waals surface area contributed by atoms with Gasteiger partial charge >= 0.3 is 6.29 Å². The van der Waals surface area contributed by atoms with Crippen molar-refractivity contribution in [3.8, 4) is 22.8 Å². The molecule has 0 bridgehead atoms. The highest BCUT2D eigenvalue weighted by Crippen LogP contribution is 2.43. The van der Waals surface area contributed by atoms with E-state index in [1.807, 2.05) is 0 Å². The molecule has 0 saturated carbocycles. The van der Waals surface area contributed by atoms with Gasteiger partial charge in [0.05, 0.1) is 0 Å². The maximum atomic E-state index is 13.0. The van der Waals surface area contributed by atoms with Crippen LogP contribution in [0, 0.1) is 6.92 Å². The smallest absolute Gasteiger partial charge is 0.445 e. The molecule has 4 nitrogen and oxygen atoms in total. The van der Waals surface area contributed by atoms with Crippen LogP contribution in [0.25, 0.3) is 11.3 Å². The summed E-state index contributed by atoms with van der Waals surface area (Å²) in [5, 5.41) is 0. The lowest BCUT2D eigenvalue weighted by atomic mass is 10.1. The highest BCUT2D eigenvalue weighted by atomic mass is 19.3. The van der Waals surface area contributed by atoms with Gasteiger partial charge in [0.25, 0.3) is 0 Å². The number of benzene rings is 1. The van der Waals surface area contributed by atoms with Gasteiger partial charge in [0, 0.05) is 18.9 Å². The zero-order valence-corrected chi connectivity index (χ0v) is 10.7. The summed E-state index contributed by atoms with van der Waals surface area (Å²) in [6, 6.07) is 4.51. The van der Waals surface area contributed by atoms with E-state index in [-0.39, 0.29) is 11.5 Å². The van der Waals surface area contributed by atoms with Crippen molar-refractivity contribution < 1.29 is 22.7 Å². The molecule has 0 radical (unpaired) electrons. The minimum atomic E-state index is -3.62. The first kappa shape index (κ1) is 12.7.